The quantitative estimate of drug-likeness (QED) is 0.729. The lowest BCUT2D eigenvalue weighted by Crippen LogP contribution is -2.41. The third-order valence-corrected chi connectivity index (χ3v) is 4.05. The lowest BCUT2D eigenvalue weighted by atomic mass is 10.1. The summed E-state index contributed by atoms with van der Waals surface area (Å²) in [5.41, 5.74) is 1.25. The number of fused-ring (bicyclic) bond motifs is 1. The molecule has 8 heteroatoms. The Labute approximate surface area is 148 Å². The summed E-state index contributed by atoms with van der Waals surface area (Å²) in [7, 11) is 0. The van der Waals surface area contributed by atoms with Crippen molar-refractivity contribution in [3.8, 4) is 0 Å². The summed E-state index contributed by atoms with van der Waals surface area (Å²) in [6, 6.07) is 9.22. The molecule has 2 aromatic rings. The molecule has 3 rings (SSSR count). The van der Waals surface area contributed by atoms with Crippen LogP contribution < -0.4 is 16.0 Å². The van der Waals surface area contributed by atoms with Crippen LogP contribution in [0.5, 0.6) is 0 Å². The summed E-state index contributed by atoms with van der Waals surface area (Å²) in [6.45, 7) is 0. The summed E-state index contributed by atoms with van der Waals surface area (Å²) in [5, 5.41) is 8.16. The first kappa shape index (κ1) is 16.9. The first-order valence-electron chi connectivity index (χ1n) is 7.66. The summed E-state index contributed by atoms with van der Waals surface area (Å²) >= 11 is 5.89. The second-order valence-electron chi connectivity index (χ2n) is 5.49. The molecule has 7 nitrogen and oxygen atoms in total. The molecule has 1 atom stereocenters. The van der Waals surface area contributed by atoms with Crippen molar-refractivity contribution in [2.75, 3.05) is 10.6 Å². The smallest absolute Gasteiger partial charge is 0.254 e. The fourth-order valence-corrected chi connectivity index (χ4v) is 2.65. The molecule has 1 aromatic carbocycles. The molecule has 3 N–H and O–H groups in total. The summed E-state index contributed by atoms with van der Waals surface area (Å²) in [6.07, 6.45) is 1.72. The van der Waals surface area contributed by atoms with E-state index >= 15 is 0 Å². The van der Waals surface area contributed by atoms with Crippen LogP contribution in [0, 0.1) is 0 Å². The second-order valence-corrected chi connectivity index (χ2v) is 5.85. The molecule has 0 radical (unpaired) electrons. The molecule has 25 heavy (non-hydrogen) atoms. The normalized spacial score (nSPS) is 16.3. The van der Waals surface area contributed by atoms with Crippen molar-refractivity contribution in [1.29, 1.82) is 0 Å². The van der Waals surface area contributed by atoms with Crippen LogP contribution in [0.25, 0.3) is 0 Å². The number of carbonyl (C=O) groups excluding carboxylic acids is 3. The number of aromatic nitrogens is 1. The summed E-state index contributed by atoms with van der Waals surface area (Å²) in [5.74, 6) is -1.03. The van der Waals surface area contributed by atoms with Gasteiger partial charge < -0.3 is 16.0 Å². The lowest BCUT2D eigenvalue weighted by molar-refractivity contribution is -0.118. The number of halogens is 1. The van der Waals surface area contributed by atoms with E-state index in [0.717, 1.165) is 0 Å². The number of para-hydroxylation sites is 1. The Morgan fingerprint density at radius 1 is 1.20 bits per heavy atom. The molecule has 0 bridgehead atoms. The van der Waals surface area contributed by atoms with E-state index in [2.05, 4.69) is 20.9 Å². The lowest BCUT2D eigenvalue weighted by Gasteiger charge is -2.14. The molecule has 0 spiro atoms. The molecule has 128 valence electrons. The van der Waals surface area contributed by atoms with E-state index in [9.17, 15) is 14.4 Å². The fourth-order valence-electron chi connectivity index (χ4n) is 2.48. The van der Waals surface area contributed by atoms with Crippen molar-refractivity contribution in [1.82, 2.24) is 10.3 Å². The van der Waals surface area contributed by atoms with Gasteiger partial charge in [-0.2, -0.15) is 0 Å². The zero-order chi connectivity index (χ0) is 17.8. The Bertz CT molecular complexity index is 840. The molecule has 1 aliphatic heterocycles. The minimum absolute atomic E-state index is 0.0416. The van der Waals surface area contributed by atoms with Crippen molar-refractivity contribution in [3.05, 3.63) is 53.3 Å². The molecule has 1 aromatic heterocycles. The van der Waals surface area contributed by atoms with Crippen LogP contribution in [-0.2, 0) is 9.59 Å². The van der Waals surface area contributed by atoms with Gasteiger partial charge in [-0.05, 0) is 30.7 Å². The van der Waals surface area contributed by atoms with Crippen LogP contribution in [0.1, 0.15) is 23.2 Å². The number of benzene rings is 1. The number of nitrogens with one attached hydrogen (secondary N) is 3. The van der Waals surface area contributed by atoms with E-state index in [1.807, 2.05) is 0 Å². The number of rotatable bonds is 4. The first-order chi connectivity index (χ1) is 12.0. The van der Waals surface area contributed by atoms with Crippen molar-refractivity contribution in [3.63, 3.8) is 0 Å². The number of hydrogen-bond donors (Lipinski definition) is 3. The van der Waals surface area contributed by atoms with E-state index in [0.29, 0.717) is 16.9 Å². The minimum Gasteiger partial charge on any atom is -0.340 e. The van der Waals surface area contributed by atoms with Crippen molar-refractivity contribution >= 4 is 40.7 Å². The maximum atomic E-state index is 12.3. The predicted octanol–water partition coefficient (Wildman–Crippen LogP) is 2.20. The van der Waals surface area contributed by atoms with Crippen LogP contribution in [0.4, 0.5) is 11.4 Å². The van der Waals surface area contributed by atoms with Crippen molar-refractivity contribution in [2.24, 2.45) is 0 Å². The number of carbonyl (C=O) groups is 3. The van der Waals surface area contributed by atoms with E-state index in [4.69, 9.17) is 11.6 Å². The molecule has 1 unspecified atom stereocenters. The highest BCUT2D eigenvalue weighted by atomic mass is 35.5. The van der Waals surface area contributed by atoms with Gasteiger partial charge in [-0.3, -0.25) is 14.4 Å². The Balaban J connectivity index is 1.62. The highest BCUT2D eigenvalue weighted by molar-refractivity contribution is 6.32. The van der Waals surface area contributed by atoms with Crippen molar-refractivity contribution < 1.29 is 14.4 Å². The highest BCUT2D eigenvalue weighted by Crippen LogP contribution is 2.20. The molecule has 0 saturated carbocycles. The molecule has 3 amide bonds. The number of hydrogen-bond acceptors (Lipinski definition) is 4. The number of anilines is 2. The average molecular weight is 359 g/mol. The fraction of sp³-hybridized carbons (Fsp3) is 0.176. The van der Waals surface area contributed by atoms with Gasteiger partial charge in [-0.1, -0.05) is 23.7 Å². The largest absolute Gasteiger partial charge is 0.340 e. The monoisotopic (exact) mass is 358 g/mol. The topological polar surface area (TPSA) is 100 Å². The molecule has 0 saturated heterocycles. The standard InChI is InChI=1S/C17H15ClN4O3/c18-15-12(6-3-9-19-15)20-14(23)8-7-13-17(25)21-11-5-2-1-4-10(11)16(24)22-13/h1-6,9,13H,7-8H2,(H,20,23)(H,21,25)(H,22,24). The van der Waals surface area contributed by atoms with E-state index in [-0.39, 0.29) is 35.7 Å². The molecule has 0 aliphatic carbocycles. The van der Waals surface area contributed by atoms with Gasteiger partial charge in [0.1, 0.15) is 6.04 Å². The van der Waals surface area contributed by atoms with Gasteiger partial charge in [0, 0.05) is 12.6 Å². The van der Waals surface area contributed by atoms with E-state index in [1.165, 1.54) is 6.20 Å². The summed E-state index contributed by atoms with van der Waals surface area (Å²) in [4.78, 5) is 40.4. The number of pyridine rings is 1. The SMILES string of the molecule is O=C(CCC1NC(=O)c2ccccc2NC1=O)Nc1cccnc1Cl. The maximum Gasteiger partial charge on any atom is 0.254 e. The molecular formula is C17H15ClN4O3. The van der Waals surface area contributed by atoms with Gasteiger partial charge in [-0.15, -0.1) is 0 Å². The van der Waals surface area contributed by atoms with Gasteiger partial charge in [0.2, 0.25) is 11.8 Å². The Kier molecular flexibility index (Phi) is 4.95. The molecule has 0 fully saturated rings. The van der Waals surface area contributed by atoms with Crippen LogP contribution in [0.15, 0.2) is 42.6 Å². The van der Waals surface area contributed by atoms with Crippen LogP contribution in [0.3, 0.4) is 0 Å². The minimum atomic E-state index is -0.796. The molecule has 2 heterocycles. The number of nitrogens with zero attached hydrogens (tertiary/aromatic N) is 1. The van der Waals surface area contributed by atoms with Gasteiger partial charge in [-0.25, -0.2) is 4.98 Å². The van der Waals surface area contributed by atoms with Crippen LogP contribution >= 0.6 is 11.6 Å². The third-order valence-electron chi connectivity index (χ3n) is 3.74. The first-order valence-corrected chi connectivity index (χ1v) is 8.03. The Morgan fingerprint density at radius 3 is 2.80 bits per heavy atom. The van der Waals surface area contributed by atoms with Gasteiger partial charge in [0.25, 0.3) is 5.91 Å². The van der Waals surface area contributed by atoms with Crippen LogP contribution in [-0.4, -0.2) is 28.7 Å². The molecule has 1 aliphatic rings. The zero-order valence-corrected chi connectivity index (χ0v) is 13.8. The Hall–Kier alpha value is -2.93. The van der Waals surface area contributed by atoms with E-state index < -0.39 is 6.04 Å². The van der Waals surface area contributed by atoms with Gasteiger partial charge in [0.05, 0.1) is 16.9 Å². The zero-order valence-electron chi connectivity index (χ0n) is 13.1. The van der Waals surface area contributed by atoms with Gasteiger partial charge >= 0.3 is 0 Å². The second kappa shape index (κ2) is 7.31. The summed E-state index contributed by atoms with van der Waals surface area (Å²) < 4.78 is 0. The van der Waals surface area contributed by atoms with Crippen molar-refractivity contribution in [2.45, 2.75) is 18.9 Å². The number of amides is 3. The predicted molar refractivity (Wildman–Crippen MR) is 93.4 cm³/mol. The maximum absolute atomic E-state index is 12.3. The third kappa shape index (κ3) is 3.95. The van der Waals surface area contributed by atoms with Crippen LogP contribution in [0.2, 0.25) is 5.15 Å². The highest BCUT2D eigenvalue weighted by Gasteiger charge is 2.27. The van der Waals surface area contributed by atoms with Gasteiger partial charge in [0.15, 0.2) is 5.15 Å². The average Bonchev–Trinajstić information content (AvgIpc) is 2.72. The Morgan fingerprint density at radius 2 is 2.00 bits per heavy atom. The van der Waals surface area contributed by atoms with E-state index in [1.54, 1.807) is 36.4 Å². The molecular weight excluding hydrogens is 344 g/mol.